The van der Waals surface area contributed by atoms with Crippen LogP contribution in [-0.4, -0.2) is 5.11 Å². The second-order valence-corrected chi connectivity index (χ2v) is 5.22. The Morgan fingerprint density at radius 3 is 2.11 bits per heavy atom. The lowest BCUT2D eigenvalue weighted by atomic mass is 9.88. The third-order valence-electron chi connectivity index (χ3n) is 2.97. The molecular weight excluding hydrogens is 321 g/mol. The quantitative estimate of drug-likeness (QED) is 0.821. The third kappa shape index (κ3) is 2.53. The molecule has 2 rings (SSSR count). The van der Waals surface area contributed by atoms with Crippen LogP contribution in [-0.2, 0) is 5.60 Å². The van der Waals surface area contributed by atoms with Gasteiger partial charge in [0.1, 0.15) is 5.60 Å². The van der Waals surface area contributed by atoms with Crippen molar-refractivity contribution in [2.24, 2.45) is 0 Å². The Balaban J connectivity index is 2.56. The molecule has 0 aliphatic rings. The van der Waals surface area contributed by atoms with Crippen LogP contribution in [0.1, 0.15) is 18.1 Å². The summed E-state index contributed by atoms with van der Waals surface area (Å²) in [5.41, 5.74) is -1.69. The molecule has 2 aromatic rings. The highest BCUT2D eigenvalue weighted by Gasteiger charge is 2.31. The summed E-state index contributed by atoms with van der Waals surface area (Å²) in [6, 6.07) is 8.32. The molecular formula is C14H10BrF3O. The molecule has 5 heteroatoms. The standard InChI is InChI=1S/C14H10BrF3O/c1-14(19,8-2-4-9(15)5-3-8)10-6-7-11(16)13(18)12(10)17/h2-7,19H,1H3. The van der Waals surface area contributed by atoms with Crippen LogP contribution in [0, 0.1) is 17.5 Å². The van der Waals surface area contributed by atoms with E-state index in [9.17, 15) is 18.3 Å². The zero-order chi connectivity index (χ0) is 14.2. The van der Waals surface area contributed by atoms with E-state index in [0.29, 0.717) is 5.56 Å². The Kier molecular flexibility index (Phi) is 3.69. The van der Waals surface area contributed by atoms with Gasteiger partial charge in [-0.2, -0.15) is 0 Å². The molecule has 1 N–H and O–H groups in total. The first-order valence-electron chi connectivity index (χ1n) is 5.46. The summed E-state index contributed by atoms with van der Waals surface area (Å²) < 4.78 is 40.7. The van der Waals surface area contributed by atoms with Gasteiger partial charge in [-0.3, -0.25) is 0 Å². The highest BCUT2D eigenvalue weighted by Crippen LogP contribution is 2.32. The Morgan fingerprint density at radius 2 is 1.53 bits per heavy atom. The van der Waals surface area contributed by atoms with Crippen LogP contribution in [0.25, 0.3) is 0 Å². The van der Waals surface area contributed by atoms with E-state index in [2.05, 4.69) is 15.9 Å². The van der Waals surface area contributed by atoms with Crippen molar-refractivity contribution < 1.29 is 18.3 Å². The van der Waals surface area contributed by atoms with Gasteiger partial charge >= 0.3 is 0 Å². The average molecular weight is 331 g/mol. The van der Waals surface area contributed by atoms with Gasteiger partial charge in [0, 0.05) is 10.0 Å². The second-order valence-electron chi connectivity index (χ2n) is 4.30. The zero-order valence-electron chi connectivity index (χ0n) is 9.92. The fraction of sp³-hybridized carbons (Fsp3) is 0.143. The van der Waals surface area contributed by atoms with Gasteiger partial charge in [-0.25, -0.2) is 13.2 Å². The monoisotopic (exact) mass is 330 g/mol. The maximum atomic E-state index is 13.7. The Morgan fingerprint density at radius 1 is 0.947 bits per heavy atom. The molecule has 0 aliphatic carbocycles. The molecule has 0 bridgehead atoms. The molecule has 0 aromatic heterocycles. The van der Waals surface area contributed by atoms with Gasteiger partial charge in [0.25, 0.3) is 0 Å². The van der Waals surface area contributed by atoms with Crippen molar-refractivity contribution >= 4 is 15.9 Å². The van der Waals surface area contributed by atoms with Crippen molar-refractivity contribution in [3.63, 3.8) is 0 Å². The van der Waals surface area contributed by atoms with Crippen LogP contribution >= 0.6 is 15.9 Å². The summed E-state index contributed by atoms with van der Waals surface area (Å²) >= 11 is 3.24. The molecule has 2 aromatic carbocycles. The molecule has 0 saturated carbocycles. The minimum absolute atomic E-state index is 0.311. The number of rotatable bonds is 2. The van der Waals surface area contributed by atoms with Gasteiger partial charge in [0.2, 0.25) is 0 Å². The Labute approximate surface area is 116 Å². The molecule has 0 aliphatic heterocycles. The van der Waals surface area contributed by atoms with Crippen LogP contribution < -0.4 is 0 Å². The molecule has 1 atom stereocenters. The van der Waals surface area contributed by atoms with Gasteiger partial charge in [-0.15, -0.1) is 0 Å². The smallest absolute Gasteiger partial charge is 0.194 e. The first kappa shape index (κ1) is 14.1. The summed E-state index contributed by atoms with van der Waals surface area (Å²) in [4.78, 5) is 0. The maximum absolute atomic E-state index is 13.7. The van der Waals surface area contributed by atoms with Gasteiger partial charge in [-0.1, -0.05) is 28.1 Å². The van der Waals surface area contributed by atoms with Crippen molar-refractivity contribution in [1.29, 1.82) is 0 Å². The molecule has 1 nitrogen and oxygen atoms in total. The van der Waals surface area contributed by atoms with Crippen molar-refractivity contribution in [3.05, 3.63) is 69.4 Å². The fourth-order valence-electron chi connectivity index (χ4n) is 1.83. The largest absolute Gasteiger partial charge is 0.381 e. The fourth-order valence-corrected chi connectivity index (χ4v) is 2.10. The SMILES string of the molecule is CC(O)(c1ccc(Br)cc1)c1ccc(F)c(F)c1F. The van der Waals surface area contributed by atoms with Crippen LogP contribution in [0.2, 0.25) is 0 Å². The molecule has 100 valence electrons. The number of hydrogen-bond donors (Lipinski definition) is 1. The third-order valence-corrected chi connectivity index (χ3v) is 3.49. The normalized spacial score (nSPS) is 14.2. The van der Waals surface area contributed by atoms with E-state index in [-0.39, 0.29) is 5.56 Å². The highest BCUT2D eigenvalue weighted by atomic mass is 79.9. The summed E-state index contributed by atoms with van der Waals surface area (Å²) in [5, 5.41) is 10.4. The van der Waals surface area contributed by atoms with E-state index in [0.717, 1.165) is 16.6 Å². The second kappa shape index (κ2) is 4.98. The summed E-state index contributed by atoms with van der Waals surface area (Å²) in [6.07, 6.45) is 0. The van der Waals surface area contributed by atoms with Gasteiger partial charge in [0.15, 0.2) is 17.5 Å². The predicted molar refractivity (Wildman–Crippen MR) is 69.1 cm³/mol. The van der Waals surface area contributed by atoms with Crippen LogP contribution in [0.3, 0.4) is 0 Å². The number of aliphatic hydroxyl groups is 1. The summed E-state index contributed by atoms with van der Waals surface area (Å²) in [7, 11) is 0. The van der Waals surface area contributed by atoms with E-state index < -0.39 is 23.1 Å². The van der Waals surface area contributed by atoms with Crippen molar-refractivity contribution in [1.82, 2.24) is 0 Å². The summed E-state index contributed by atoms with van der Waals surface area (Å²) in [5.74, 6) is -4.25. The Bertz CT molecular complexity index is 609. The minimum Gasteiger partial charge on any atom is -0.381 e. The highest BCUT2D eigenvalue weighted by molar-refractivity contribution is 9.10. The van der Waals surface area contributed by atoms with E-state index in [4.69, 9.17) is 0 Å². The summed E-state index contributed by atoms with van der Waals surface area (Å²) in [6.45, 7) is 1.33. The van der Waals surface area contributed by atoms with Crippen molar-refractivity contribution in [2.45, 2.75) is 12.5 Å². The van der Waals surface area contributed by atoms with Crippen molar-refractivity contribution in [2.75, 3.05) is 0 Å². The molecule has 0 fully saturated rings. The van der Waals surface area contributed by atoms with Crippen LogP contribution in [0.5, 0.6) is 0 Å². The lowest BCUT2D eigenvalue weighted by molar-refractivity contribution is 0.0967. The molecule has 0 heterocycles. The molecule has 0 radical (unpaired) electrons. The topological polar surface area (TPSA) is 20.2 Å². The number of benzene rings is 2. The first-order chi connectivity index (χ1) is 8.84. The van der Waals surface area contributed by atoms with E-state index in [1.54, 1.807) is 24.3 Å². The van der Waals surface area contributed by atoms with E-state index in [1.807, 2.05) is 0 Å². The van der Waals surface area contributed by atoms with Crippen LogP contribution in [0.4, 0.5) is 13.2 Å². The molecule has 1 unspecified atom stereocenters. The maximum Gasteiger partial charge on any atom is 0.194 e. The van der Waals surface area contributed by atoms with E-state index in [1.165, 1.54) is 6.92 Å². The first-order valence-corrected chi connectivity index (χ1v) is 6.25. The minimum atomic E-state index is -1.75. The van der Waals surface area contributed by atoms with Gasteiger partial charge < -0.3 is 5.11 Å². The van der Waals surface area contributed by atoms with Crippen LogP contribution in [0.15, 0.2) is 40.9 Å². The van der Waals surface area contributed by atoms with E-state index >= 15 is 0 Å². The predicted octanol–water partition coefficient (Wildman–Crippen LogP) is 4.12. The van der Waals surface area contributed by atoms with Gasteiger partial charge in [-0.05, 0) is 36.8 Å². The molecule has 19 heavy (non-hydrogen) atoms. The molecule has 0 saturated heterocycles. The zero-order valence-corrected chi connectivity index (χ0v) is 11.5. The number of halogens is 4. The van der Waals surface area contributed by atoms with Crippen molar-refractivity contribution in [3.8, 4) is 0 Å². The lowest BCUT2D eigenvalue weighted by Crippen LogP contribution is -2.25. The molecule has 0 spiro atoms. The Hall–Kier alpha value is -1.33. The molecule has 0 amide bonds. The lowest BCUT2D eigenvalue weighted by Gasteiger charge is -2.25. The number of hydrogen-bond acceptors (Lipinski definition) is 1. The van der Waals surface area contributed by atoms with Gasteiger partial charge in [0.05, 0.1) is 0 Å². The average Bonchev–Trinajstić information content (AvgIpc) is 2.36.